The number of carbonyl (C=O) groups excluding carboxylic acids is 1. The summed E-state index contributed by atoms with van der Waals surface area (Å²) in [6, 6.07) is 11.0. The van der Waals surface area contributed by atoms with E-state index in [0.29, 0.717) is 29.7 Å². The number of ether oxygens (including phenoxy) is 2. The molecule has 0 aliphatic heterocycles. The first-order chi connectivity index (χ1) is 11.5. The molecule has 0 heterocycles. The van der Waals surface area contributed by atoms with Crippen LogP contribution in [0.15, 0.2) is 40.9 Å². The van der Waals surface area contributed by atoms with Crippen LogP contribution in [0.25, 0.3) is 0 Å². The van der Waals surface area contributed by atoms with Crippen LogP contribution < -0.4 is 14.8 Å². The van der Waals surface area contributed by atoms with Gasteiger partial charge in [0.05, 0.1) is 11.6 Å². The average molecular weight is 413 g/mol. The van der Waals surface area contributed by atoms with Gasteiger partial charge in [0.1, 0.15) is 18.1 Å². The summed E-state index contributed by atoms with van der Waals surface area (Å²) in [7, 11) is 0. The maximum absolute atomic E-state index is 11.8. The molecular weight excluding hydrogens is 394 g/mol. The molecule has 0 aliphatic rings. The summed E-state index contributed by atoms with van der Waals surface area (Å²) < 4.78 is 12.1. The molecule has 0 saturated carbocycles. The molecule has 0 aliphatic carbocycles. The fourth-order valence-corrected chi connectivity index (χ4v) is 2.52. The predicted octanol–water partition coefficient (Wildman–Crippen LogP) is 4.29. The summed E-state index contributed by atoms with van der Waals surface area (Å²) >= 11 is 9.49. The summed E-state index contributed by atoms with van der Waals surface area (Å²) in [4.78, 5) is 11.8. The number of hydrogen-bond donors (Lipinski definition) is 1. The number of halogens is 2. The van der Waals surface area contributed by atoms with E-state index in [1.54, 1.807) is 12.1 Å². The van der Waals surface area contributed by atoms with Crippen LogP contribution in [0.5, 0.6) is 11.5 Å². The van der Waals surface area contributed by atoms with Crippen molar-refractivity contribution in [2.24, 2.45) is 0 Å². The standard InChI is InChI=1S/C18H19BrClNO3/c1-12-9-14(10-13(2)18(12)19)24-11-17(22)21-7-8-23-16-6-4-3-5-15(16)20/h3-6,9-10H,7-8,11H2,1-2H3,(H,21,22). The number of benzene rings is 2. The van der Waals surface area contributed by atoms with Crippen LogP contribution in [0.1, 0.15) is 11.1 Å². The highest BCUT2D eigenvalue weighted by molar-refractivity contribution is 9.10. The van der Waals surface area contributed by atoms with Gasteiger partial charge in [-0.2, -0.15) is 0 Å². The third kappa shape index (κ3) is 5.42. The van der Waals surface area contributed by atoms with Gasteiger partial charge in [-0.15, -0.1) is 0 Å². The van der Waals surface area contributed by atoms with Gasteiger partial charge in [0.15, 0.2) is 6.61 Å². The molecular formula is C18H19BrClNO3. The van der Waals surface area contributed by atoms with Gasteiger partial charge in [-0.05, 0) is 49.2 Å². The van der Waals surface area contributed by atoms with E-state index in [0.717, 1.165) is 15.6 Å². The van der Waals surface area contributed by atoms with Crippen molar-refractivity contribution in [1.82, 2.24) is 5.32 Å². The highest BCUT2D eigenvalue weighted by Gasteiger charge is 2.06. The lowest BCUT2D eigenvalue weighted by Crippen LogP contribution is -2.32. The summed E-state index contributed by atoms with van der Waals surface area (Å²) in [5.41, 5.74) is 2.14. The second-order valence-corrected chi connectivity index (χ2v) is 6.49. The van der Waals surface area contributed by atoms with Gasteiger partial charge in [-0.1, -0.05) is 39.7 Å². The molecule has 2 aromatic rings. The first-order valence-corrected chi connectivity index (χ1v) is 8.68. The monoisotopic (exact) mass is 411 g/mol. The topological polar surface area (TPSA) is 47.6 Å². The molecule has 0 bridgehead atoms. The van der Waals surface area contributed by atoms with Crippen molar-refractivity contribution in [3.05, 3.63) is 57.0 Å². The van der Waals surface area contributed by atoms with Gasteiger partial charge in [0.2, 0.25) is 0 Å². The van der Waals surface area contributed by atoms with E-state index in [2.05, 4.69) is 21.2 Å². The second kappa shape index (κ2) is 8.94. The van der Waals surface area contributed by atoms with E-state index in [-0.39, 0.29) is 12.5 Å². The van der Waals surface area contributed by atoms with Crippen molar-refractivity contribution < 1.29 is 14.3 Å². The van der Waals surface area contributed by atoms with E-state index in [9.17, 15) is 4.79 Å². The van der Waals surface area contributed by atoms with Crippen molar-refractivity contribution in [3.8, 4) is 11.5 Å². The van der Waals surface area contributed by atoms with Crippen LogP contribution in [0.3, 0.4) is 0 Å². The van der Waals surface area contributed by atoms with Gasteiger partial charge in [0.25, 0.3) is 5.91 Å². The van der Waals surface area contributed by atoms with Gasteiger partial charge < -0.3 is 14.8 Å². The summed E-state index contributed by atoms with van der Waals surface area (Å²) in [5.74, 6) is 1.08. The Morgan fingerprint density at radius 2 is 1.83 bits per heavy atom. The molecule has 0 saturated heterocycles. The number of aryl methyl sites for hydroxylation is 2. The Labute approximate surface area is 155 Å². The number of hydrogen-bond acceptors (Lipinski definition) is 3. The minimum absolute atomic E-state index is 0.0351. The zero-order chi connectivity index (χ0) is 17.5. The van der Waals surface area contributed by atoms with Crippen LogP contribution in [0.4, 0.5) is 0 Å². The maximum Gasteiger partial charge on any atom is 0.258 e. The summed E-state index contributed by atoms with van der Waals surface area (Å²) in [6.45, 7) is 4.65. The molecule has 0 atom stereocenters. The van der Waals surface area contributed by atoms with Gasteiger partial charge >= 0.3 is 0 Å². The Bertz CT molecular complexity index is 698. The number of rotatable bonds is 7. The Hall–Kier alpha value is -1.72. The summed E-state index contributed by atoms with van der Waals surface area (Å²) in [6.07, 6.45) is 0. The highest BCUT2D eigenvalue weighted by atomic mass is 79.9. The van der Waals surface area contributed by atoms with E-state index >= 15 is 0 Å². The van der Waals surface area contributed by atoms with Gasteiger partial charge in [-0.25, -0.2) is 0 Å². The summed E-state index contributed by atoms with van der Waals surface area (Å²) in [5, 5.41) is 3.29. The molecule has 2 rings (SSSR count). The molecule has 0 fully saturated rings. The molecule has 1 N–H and O–H groups in total. The lowest BCUT2D eigenvalue weighted by Gasteiger charge is -2.11. The third-order valence-corrected chi connectivity index (χ3v) is 4.86. The van der Waals surface area contributed by atoms with Gasteiger partial charge in [-0.3, -0.25) is 4.79 Å². The first kappa shape index (κ1) is 18.6. The average Bonchev–Trinajstić information content (AvgIpc) is 2.56. The molecule has 0 unspecified atom stereocenters. The predicted molar refractivity (Wildman–Crippen MR) is 99.1 cm³/mol. The third-order valence-electron chi connectivity index (χ3n) is 3.30. The van der Waals surface area contributed by atoms with Crippen LogP contribution in [0.2, 0.25) is 5.02 Å². The quantitative estimate of drug-likeness (QED) is 0.690. The Morgan fingerprint density at radius 1 is 1.17 bits per heavy atom. The lowest BCUT2D eigenvalue weighted by molar-refractivity contribution is -0.123. The molecule has 128 valence electrons. The van der Waals surface area contributed by atoms with Crippen LogP contribution >= 0.6 is 27.5 Å². The van der Waals surface area contributed by atoms with E-state index in [1.807, 2.05) is 38.1 Å². The number of nitrogens with one attached hydrogen (secondary N) is 1. The molecule has 0 aromatic heterocycles. The zero-order valence-corrected chi connectivity index (χ0v) is 15.9. The Balaban J connectivity index is 1.71. The zero-order valence-electron chi connectivity index (χ0n) is 13.6. The highest BCUT2D eigenvalue weighted by Crippen LogP contribution is 2.26. The lowest BCUT2D eigenvalue weighted by atomic mass is 10.1. The van der Waals surface area contributed by atoms with Crippen molar-refractivity contribution in [1.29, 1.82) is 0 Å². The van der Waals surface area contributed by atoms with E-state index < -0.39 is 0 Å². The minimum atomic E-state index is -0.198. The van der Waals surface area contributed by atoms with Crippen molar-refractivity contribution in [3.63, 3.8) is 0 Å². The van der Waals surface area contributed by atoms with Crippen molar-refractivity contribution in [2.45, 2.75) is 13.8 Å². The van der Waals surface area contributed by atoms with E-state index in [4.69, 9.17) is 21.1 Å². The van der Waals surface area contributed by atoms with Crippen LogP contribution in [-0.4, -0.2) is 25.7 Å². The van der Waals surface area contributed by atoms with Crippen LogP contribution in [-0.2, 0) is 4.79 Å². The number of amides is 1. The minimum Gasteiger partial charge on any atom is -0.490 e. The molecule has 1 amide bonds. The Morgan fingerprint density at radius 3 is 2.50 bits per heavy atom. The number of para-hydroxylation sites is 1. The van der Waals surface area contributed by atoms with Crippen LogP contribution in [0, 0.1) is 13.8 Å². The molecule has 2 aromatic carbocycles. The fraction of sp³-hybridized carbons (Fsp3) is 0.278. The molecule has 4 nitrogen and oxygen atoms in total. The molecule has 0 spiro atoms. The van der Waals surface area contributed by atoms with E-state index in [1.165, 1.54) is 0 Å². The second-order valence-electron chi connectivity index (χ2n) is 5.29. The largest absolute Gasteiger partial charge is 0.490 e. The normalized spacial score (nSPS) is 10.3. The fourth-order valence-electron chi connectivity index (χ4n) is 2.10. The first-order valence-electron chi connectivity index (χ1n) is 7.51. The SMILES string of the molecule is Cc1cc(OCC(=O)NCCOc2ccccc2Cl)cc(C)c1Br. The Kier molecular flexibility index (Phi) is 6.94. The smallest absolute Gasteiger partial charge is 0.258 e. The van der Waals surface area contributed by atoms with Crippen molar-refractivity contribution in [2.75, 3.05) is 19.8 Å². The molecule has 6 heteroatoms. The maximum atomic E-state index is 11.8. The molecule has 0 radical (unpaired) electrons. The van der Waals surface area contributed by atoms with Gasteiger partial charge in [0, 0.05) is 4.47 Å². The molecule has 24 heavy (non-hydrogen) atoms. The van der Waals surface area contributed by atoms with Crippen molar-refractivity contribution >= 4 is 33.4 Å². The number of carbonyl (C=O) groups is 1.